The lowest BCUT2D eigenvalue weighted by molar-refractivity contribution is -0.150. The molecule has 1 aromatic rings. The number of carboxylic acid groups (broad SMARTS) is 1. The lowest BCUT2D eigenvalue weighted by atomic mass is 9.71. The number of carboxylic acids is 1. The van der Waals surface area contributed by atoms with E-state index in [1.165, 1.54) is 0 Å². The van der Waals surface area contributed by atoms with Gasteiger partial charge in [-0.05, 0) is 24.3 Å². The van der Waals surface area contributed by atoms with Crippen LogP contribution in [0.2, 0.25) is 0 Å². The number of aliphatic carboxylic acids is 1. The van der Waals surface area contributed by atoms with Crippen LogP contribution in [0.15, 0.2) is 30.3 Å². The van der Waals surface area contributed by atoms with Gasteiger partial charge in [-0.1, -0.05) is 49.6 Å². The van der Waals surface area contributed by atoms with E-state index in [1.54, 1.807) is 12.1 Å². The van der Waals surface area contributed by atoms with Gasteiger partial charge in [-0.15, -0.1) is 0 Å². The Kier molecular flexibility index (Phi) is 4.20. The molecule has 0 aromatic heterocycles. The van der Waals surface area contributed by atoms with Crippen molar-refractivity contribution in [3.8, 4) is 0 Å². The van der Waals surface area contributed by atoms with Crippen LogP contribution in [-0.4, -0.2) is 17.5 Å². The molecule has 4 nitrogen and oxygen atoms in total. The smallest absolute Gasteiger partial charge is 0.334 e. The van der Waals surface area contributed by atoms with Crippen LogP contribution in [0.1, 0.15) is 37.7 Å². The molecular weight excluding hydrogens is 242 g/mol. The zero-order valence-corrected chi connectivity index (χ0v) is 10.8. The Bertz CT molecular complexity index is 440. The van der Waals surface area contributed by atoms with E-state index in [-0.39, 0.29) is 5.92 Å². The van der Waals surface area contributed by atoms with Crippen LogP contribution in [-0.2, 0) is 15.1 Å². The zero-order valence-electron chi connectivity index (χ0n) is 10.8. The lowest BCUT2D eigenvalue weighted by Crippen LogP contribution is -2.54. The standard InChI is InChI=1S/C15H19NO3/c17-11-16-15(14(18)19,12-7-3-1-4-8-12)13-9-5-2-6-10-13/h1,3-4,7-8,11,13H,2,5-6,9-10H2,(H,16,17)(H,18,19)/t15-/m1/s1. The third kappa shape index (κ3) is 2.48. The summed E-state index contributed by atoms with van der Waals surface area (Å²) in [5.74, 6) is -1.02. The third-order valence-electron chi connectivity index (χ3n) is 4.07. The molecular formula is C15H19NO3. The molecule has 0 aliphatic heterocycles. The van der Waals surface area contributed by atoms with E-state index in [0.717, 1.165) is 32.1 Å². The van der Waals surface area contributed by atoms with E-state index in [1.807, 2.05) is 18.2 Å². The molecule has 0 saturated heterocycles. The summed E-state index contributed by atoms with van der Waals surface area (Å²) >= 11 is 0. The summed E-state index contributed by atoms with van der Waals surface area (Å²) < 4.78 is 0. The molecule has 1 fully saturated rings. The van der Waals surface area contributed by atoms with E-state index in [4.69, 9.17) is 0 Å². The van der Waals surface area contributed by atoms with Gasteiger partial charge >= 0.3 is 5.97 Å². The van der Waals surface area contributed by atoms with Gasteiger partial charge in [0.1, 0.15) is 0 Å². The van der Waals surface area contributed by atoms with Crippen LogP contribution in [0.4, 0.5) is 0 Å². The van der Waals surface area contributed by atoms with Crippen molar-refractivity contribution in [1.29, 1.82) is 0 Å². The maximum Gasteiger partial charge on any atom is 0.334 e. The molecule has 0 spiro atoms. The Balaban J connectivity index is 2.46. The Hall–Kier alpha value is -1.84. The number of amides is 1. The molecule has 0 radical (unpaired) electrons. The summed E-state index contributed by atoms with van der Waals surface area (Å²) in [5.41, 5.74) is -0.634. The van der Waals surface area contributed by atoms with Crippen LogP contribution in [0.25, 0.3) is 0 Å². The van der Waals surface area contributed by atoms with Crippen molar-refractivity contribution >= 4 is 12.4 Å². The molecule has 1 aliphatic rings. The van der Waals surface area contributed by atoms with Gasteiger partial charge in [-0.3, -0.25) is 4.79 Å². The molecule has 0 unspecified atom stereocenters. The van der Waals surface area contributed by atoms with Crippen molar-refractivity contribution in [3.05, 3.63) is 35.9 Å². The van der Waals surface area contributed by atoms with Crippen LogP contribution >= 0.6 is 0 Å². The van der Waals surface area contributed by atoms with Crippen molar-refractivity contribution in [3.63, 3.8) is 0 Å². The Morgan fingerprint density at radius 2 is 1.84 bits per heavy atom. The number of hydrogen-bond acceptors (Lipinski definition) is 2. The highest BCUT2D eigenvalue weighted by Crippen LogP contribution is 2.39. The van der Waals surface area contributed by atoms with Crippen LogP contribution in [0.3, 0.4) is 0 Å². The Labute approximate surface area is 112 Å². The largest absolute Gasteiger partial charge is 0.479 e. The van der Waals surface area contributed by atoms with Gasteiger partial charge < -0.3 is 10.4 Å². The fourth-order valence-corrected chi connectivity index (χ4v) is 3.13. The minimum absolute atomic E-state index is 0.0497. The van der Waals surface area contributed by atoms with Gasteiger partial charge in [0.25, 0.3) is 0 Å². The van der Waals surface area contributed by atoms with E-state index >= 15 is 0 Å². The molecule has 102 valence electrons. The van der Waals surface area contributed by atoms with Gasteiger partial charge in [-0.25, -0.2) is 4.79 Å². The number of nitrogens with one attached hydrogen (secondary N) is 1. The Morgan fingerprint density at radius 1 is 1.21 bits per heavy atom. The van der Waals surface area contributed by atoms with Crippen molar-refractivity contribution in [2.45, 2.75) is 37.6 Å². The number of carbonyl (C=O) groups is 2. The number of carbonyl (C=O) groups excluding carboxylic acids is 1. The van der Waals surface area contributed by atoms with E-state index in [2.05, 4.69) is 5.32 Å². The molecule has 2 rings (SSSR count). The summed E-state index contributed by atoms with van der Waals surface area (Å²) in [7, 11) is 0. The number of rotatable bonds is 5. The van der Waals surface area contributed by atoms with Crippen molar-refractivity contribution in [2.24, 2.45) is 5.92 Å². The summed E-state index contributed by atoms with van der Waals surface area (Å²) in [6.45, 7) is 0. The van der Waals surface area contributed by atoms with Gasteiger partial charge in [0.15, 0.2) is 5.54 Å². The maximum absolute atomic E-state index is 11.9. The van der Waals surface area contributed by atoms with Gasteiger partial charge in [0.2, 0.25) is 6.41 Å². The average Bonchev–Trinajstić information content (AvgIpc) is 2.46. The summed E-state index contributed by atoms with van der Waals surface area (Å²) in [6.07, 6.45) is 5.36. The first kappa shape index (κ1) is 13.6. The van der Waals surface area contributed by atoms with Gasteiger partial charge in [0.05, 0.1) is 0 Å². The van der Waals surface area contributed by atoms with Crippen molar-refractivity contribution < 1.29 is 14.7 Å². The maximum atomic E-state index is 11.9. The first-order valence-electron chi connectivity index (χ1n) is 6.72. The number of hydrogen-bond donors (Lipinski definition) is 2. The highest BCUT2D eigenvalue weighted by molar-refractivity contribution is 5.83. The quantitative estimate of drug-likeness (QED) is 0.799. The zero-order chi connectivity index (χ0) is 13.7. The summed E-state index contributed by atoms with van der Waals surface area (Å²) in [4.78, 5) is 22.9. The van der Waals surface area contributed by atoms with Crippen molar-refractivity contribution in [1.82, 2.24) is 5.32 Å². The number of benzene rings is 1. The highest BCUT2D eigenvalue weighted by Gasteiger charge is 2.47. The predicted molar refractivity (Wildman–Crippen MR) is 71.5 cm³/mol. The average molecular weight is 261 g/mol. The van der Waals surface area contributed by atoms with Gasteiger partial charge in [-0.2, -0.15) is 0 Å². The fourth-order valence-electron chi connectivity index (χ4n) is 3.13. The molecule has 19 heavy (non-hydrogen) atoms. The first-order chi connectivity index (χ1) is 9.21. The monoisotopic (exact) mass is 261 g/mol. The van der Waals surface area contributed by atoms with Gasteiger partial charge in [0, 0.05) is 0 Å². The minimum atomic E-state index is -1.29. The molecule has 1 aliphatic carbocycles. The fraction of sp³-hybridized carbons (Fsp3) is 0.467. The van der Waals surface area contributed by atoms with Crippen LogP contribution < -0.4 is 5.32 Å². The highest BCUT2D eigenvalue weighted by atomic mass is 16.4. The molecule has 1 amide bonds. The second-order valence-electron chi connectivity index (χ2n) is 5.08. The van der Waals surface area contributed by atoms with Crippen LogP contribution in [0.5, 0.6) is 0 Å². The molecule has 1 atom stereocenters. The van der Waals surface area contributed by atoms with E-state index < -0.39 is 11.5 Å². The SMILES string of the molecule is O=CN[C@](C(=O)O)(c1ccccc1)C1CCCCC1. The minimum Gasteiger partial charge on any atom is -0.479 e. The normalized spacial score (nSPS) is 19.4. The predicted octanol–water partition coefficient (Wildman–Crippen LogP) is 2.29. The Morgan fingerprint density at radius 3 is 2.37 bits per heavy atom. The van der Waals surface area contributed by atoms with Crippen LogP contribution in [0, 0.1) is 5.92 Å². The second kappa shape index (κ2) is 5.87. The summed E-state index contributed by atoms with van der Waals surface area (Å²) in [6, 6.07) is 9.01. The van der Waals surface area contributed by atoms with Crippen molar-refractivity contribution in [2.75, 3.05) is 0 Å². The molecule has 0 heterocycles. The lowest BCUT2D eigenvalue weighted by Gasteiger charge is -2.39. The molecule has 4 heteroatoms. The first-order valence-corrected chi connectivity index (χ1v) is 6.72. The topological polar surface area (TPSA) is 66.4 Å². The second-order valence-corrected chi connectivity index (χ2v) is 5.08. The van der Waals surface area contributed by atoms with E-state index in [9.17, 15) is 14.7 Å². The third-order valence-corrected chi connectivity index (χ3v) is 4.07. The van der Waals surface area contributed by atoms with E-state index in [0.29, 0.717) is 12.0 Å². The molecule has 1 saturated carbocycles. The summed E-state index contributed by atoms with van der Waals surface area (Å²) in [5, 5.41) is 12.3. The molecule has 2 N–H and O–H groups in total. The molecule has 0 bridgehead atoms. The molecule has 1 aromatic carbocycles.